The topological polar surface area (TPSA) is 75.7 Å². The first kappa shape index (κ1) is 22.5. The van der Waals surface area contributed by atoms with Gasteiger partial charge in [-0.3, -0.25) is 4.79 Å². The predicted octanol–water partition coefficient (Wildman–Crippen LogP) is 3.35. The number of amides is 1. The zero-order valence-corrected chi connectivity index (χ0v) is 18.7. The highest BCUT2D eigenvalue weighted by atomic mass is 32.2. The standard InChI is InChI=1S/C23H30N2O4S/c1-4-22(21-10-5-17(2)15-18(21)3)24-23(26)20-8-6-19(7-9-20)16-30(27,28)25-11-13-29-14-12-25/h5-10,15,22H,4,11-14,16H2,1-3H3,(H,24,26). The lowest BCUT2D eigenvalue weighted by molar-refractivity contribution is 0.0729. The molecule has 1 aliphatic rings. The molecule has 1 N–H and O–H groups in total. The van der Waals surface area contributed by atoms with E-state index in [0.717, 1.165) is 17.5 Å². The van der Waals surface area contributed by atoms with Gasteiger partial charge in [-0.1, -0.05) is 42.8 Å². The predicted molar refractivity (Wildman–Crippen MR) is 118 cm³/mol. The molecule has 0 saturated carbocycles. The molecular formula is C23H30N2O4S. The average Bonchev–Trinajstić information content (AvgIpc) is 2.73. The first-order valence-corrected chi connectivity index (χ1v) is 11.9. The molecule has 7 heteroatoms. The van der Waals surface area contributed by atoms with Gasteiger partial charge in [-0.15, -0.1) is 0 Å². The molecule has 1 fully saturated rings. The van der Waals surface area contributed by atoms with Crippen LogP contribution in [0.15, 0.2) is 42.5 Å². The number of hydrogen-bond acceptors (Lipinski definition) is 4. The van der Waals surface area contributed by atoms with E-state index in [-0.39, 0.29) is 17.7 Å². The molecule has 0 bridgehead atoms. The highest BCUT2D eigenvalue weighted by Gasteiger charge is 2.24. The summed E-state index contributed by atoms with van der Waals surface area (Å²) in [5, 5.41) is 3.10. The molecule has 30 heavy (non-hydrogen) atoms. The SMILES string of the molecule is CCC(NC(=O)c1ccc(CS(=O)(=O)N2CCOCC2)cc1)c1ccc(C)cc1C. The van der Waals surface area contributed by atoms with Gasteiger partial charge in [0.15, 0.2) is 0 Å². The molecule has 1 unspecified atom stereocenters. The van der Waals surface area contributed by atoms with Crippen LogP contribution in [0.3, 0.4) is 0 Å². The lowest BCUT2D eigenvalue weighted by Crippen LogP contribution is -2.41. The van der Waals surface area contributed by atoms with E-state index in [2.05, 4.69) is 37.4 Å². The second kappa shape index (κ2) is 9.73. The molecule has 0 aliphatic carbocycles. The normalized spacial score (nSPS) is 16.2. The van der Waals surface area contributed by atoms with Crippen molar-refractivity contribution in [2.75, 3.05) is 26.3 Å². The van der Waals surface area contributed by atoms with Crippen LogP contribution in [0.4, 0.5) is 0 Å². The number of sulfonamides is 1. The van der Waals surface area contributed by atoms with E-state index in [0.29, 0.717) is 37.4 Å². The third-order valence-electron chi connectivity index (χ3n) is 5.44. The van der Waals surface area contributed by atoms with Crippen molar-refractivity contribution in [2.45, 2.75) is 39.0 Å². The maximum Gasteiger partial charge on any atom is 0.251 e. The van der Waals surface area contributed by atoms with Crippen molar-refractivity contribution in [1.82, 2.24) is 9.62 Å². The van der Waals surface area contributed by atoms with Gasteiger partial charge in [0.05, 0.1) is 25.0 Å². The minimum absolute atomic E-state index is 0.0699. The Labute approximate surface area is 179 Å². The van der Waals surface area contributed by atoms with Gasteiger partial charge in [0, 0.05) is 18.7 Å². The Balaban J connectivity index is 1.67. The van der Waals surface area contributed by atoms with Crippen LogP contribution in [0.25, 0.3) is 0 Å². The molecular weight excluding hydrogens is 400 g/mol. The molecule has 1 amide bonds. The summed E-state index contributed by atoms with van der Waals surface area (Å²) >= 11 is 0. The molecule has 0 radical (unpaired) electrons. The fourth-order valence-electron chi connectivity index (χ4n) is 3.74. The largest absolute Gasteiger partial charge is 0.379 e. The molecule has 1 aliphatic heterocycles. The number of ether oxygens (including phenoxy) is 1. The molecule has 1 saturated heterocycles. The Morgan fingerprint density at radius 3 is 2.37 bits per heavy atom. The summed E-state index contributed by atoms with van der Waals surface area (Å²) in [5.74, 6) is -0.237. The Hall–Kier alpha value is -2.22. The monoisotopic (exact) mass is 430 g/mol. The molecule has 0 spiro atoms. The van der Waals surface area contributed by atoms with Gasteiger partial charge < -0.3 is 10.1 Å². The molecule has 2 aromatic rings. The Bertz CT molecular complexity index is 981. The summed E-state index contributed by atoms with van der Waals surface area (Å²) in [5.41, 5.74) is 4.65. The number of rotatable bonds is 7. The van der Waals surface area contributed by atoms with E-state index in [1.165, 1.54) is 9.87 Å². The molecule has 6 nitrogen and oxygen atoms in total. The number of hydrogen-bond donors (Lipinski definition) is 1. The van der Waals surface area contributed by atoms with Crippen molar-refractivity contribution in [1.29, 1.82) is 0 Å². The van der Waals surface area contributed by atoms with Crippen LogP contribution in [-0.4, -0.2) is 44.9 Å². The lowest BCUT2D eigenvalue weighted by atomic mass is 9.97. The number of benzene rings is 2. The van der Waals surface area contributed by atoms with Crippen LogP contribution in [-0.2, 0) is 20.5 Å². The van der Waals surface area contributed by atoms with Crippen LogP contribution in [0, 0.1) is 13.8 Å². The zero-order valence-electron chi connectivity index (χ0n) is 17.8. The Morgan fingerprint density at radius 2 is 1.77 bits per heavy atom. The fraction of sp³-hybridized carbons (Fsp3) is 0.435. The van der Waals surface area contributed by atoms with Crippen LogP contribution in [0.5, 0.6) is 0 Å². The lowest BCUT2D eigenvalue weighted by Gasteiger charge is -2.26. The van der Waals surface area contributed by atoms with Crippen molar-refractivity contribution in [2.24, 2.45) is 0 Å². The summed E-state index contributed by atoms with van der Waals surface area (Å²) in [4.78, 5) is 12.8. The smallest absolute Gasteiger partial charge is 0.251 e. The van der Waals surface area contributed by atoms with Crippen LogP contribution >= 0.6 is 0 Å². The van der Waals surface area contributed by atoms with Gasteiger partial charge in [0.25, 0.3) is 5.91 Å². The van der Waals surface area contributed by atoms with Gasteiger partial charge >= 0.3 is 0 Å². The number of morpholine rings is 1. The summed E-state index contributed by atoms with van der Waals surface area (Å²) in [6.45, 7) is 7.79. The minimum Gasteiger partial charge on any atom is -0.379 e. The second-order valence-electron chi connectivity index (χ2n) is 7.76. The number of nitrogens with zero attached hydrogens (tertiary/aromatic N) is 1. The van der Waals surface area contributed by atoms with Crippen LogP contribution < -0.4 is 5.32 Å². The van der Waals surface area contributed by atoms with E-state index in [1.54, 1.807) is 24.3 Å². The summed E-state index contributed by atoms with van der Waals surface area (Å²) < 4.78 is 31.8. The average molecular weight is 431 g/mol. The Morgan fingerprint density at radius 1 is 1.10 bits per heavy atom. The van der Waals surface area contributed by atoms with Gasteiger partial charge in [-0.2, -0.15) is 4.31 Å². The molecule has 3 rings (SSSR count). The van der Waals surface area contributed by atoms with Gasteiger partial charge in [0.1, 0.15) is 0 Å². The van der Waals surface area contributed by atoms with Crippen molar-refractivity contribution in [3.63, 3.8) is 0 Å². The molecule has 0 aromatic heterocycles. The van der Waals surface area contributed by atoms with Crippen LogP contribution in [0.1, 0.15) is 52.0 Å². The molecule has 162 valence electrons. The second-order valence-corrected chi connectivity index (χ2v) is 9.73. The van der Waals surface area contributed by atoms with Crippen LogP contribution in [0.2, 0.25) is 0 Å². The van der Waals surface area contributed by atoms with Crippen molar-refractivity contribution >= 4 is 15.9 Å². The first-order valence-electron chi connectivity index (χ1n) is 10.3. The third kappa shape index (κ3) is 5.47. The molecule has 1 atom stereocenters. The highest BCUT2D eigenvalue weighted by Crippen LogP contribution is 2.22. The number of nitrogens with one attached hydrogen (secondary N) is 1. The Kier molecular flexibility index (Phi) is 7.28. The first-order chi connectivity index (χ1) is 14.3. The van der Waals surface area contributed by atoms with Crippen molar-refractivity contribution < 1.29 is 17.9 Å². The van der Waals surface area contributed by atoms with E-state index >= 15 is 0 Å². The molecule has 1 heterocycles. The maximum atomic E-state index is 12.8. The highest BCUT2D eigenvalue weighted by molar-refractivity contribution is 7.88. The number of carbonyl (C=O) groups is 1. The van der Waals surface area contributed by atoms with Gasteiger partial charge in [0.2, 0.25) is 10.0 Å². The van der Waals surface area contributed by atoms with Crippen molar-refractivity contribution in [3.05, 3.63) is 70.3 Å². The fourth-order valence-corrected chi connectivity index (χ4v) is 5.24. The van der Waals surface area contributed by atoms with E-state index in [9.17, 15) is 13.2 Å². The van der Waals surface area contributed by atoms with E-state index < -0.39 is 10.0 Å². The van der Waals surface area contributed by atoms with E-state index in [4.69, 9.17) is 4.74 Å². The third-order valence-corrected chi connectivity index (χ3v) is 7.29. The quantitative estimate of drug-likeness (QED) is 0.731. The number of carbonyl (C=O) groups excluding carboxylic acids is 1. The molecule has 2 aromatic carbocycles. The summed E-state index contributed by atoms with van der Waals surface area (Å²) in [6, 6.07) is 13.0. The van der Waals surface area contributed by atoms with Gasteiger partial charge in [-0.25, -0.2) is 8.42 Å². The summed E-state index contributed by atoms with van der Waals surface area (Å²) in [6.07, 6.45) is 0.783. The van der Waals surface area contributed by atoms with Crippen molar-refractivity contribution in [3.8, 4) is 0 Å². The maximum absolute atomic E-state index is 12.8. The van der Waals surface area contributed by atoms with Gasteiger partial charge in [-0.05, 0) is 49.1 Å². The minimum atomic E-state index is -3.38. The number of aryl methyl sites for hydroxylation is 2. The van der Waals surface area contributed by atoms with E-state index in [1.807, 2.05) is 6.92 Å². The summed E-state index contributed by atoms with van der Waals surface area (Å²) in [7, 11) is -3.38. The zero-order chi connectivity index (χ0) is 21.7.